The van der Waals surface area contributed by atoms with E-state index in [1.807, 2.05) is 63.3 Å². The van der Waals surface area contributed by atoms with Gasteiger partial charge in [-0.1, -0.05) is 92.2 Å². The number of allylic oxidation sites excluding steroid dienone is 1. The fraction of sp³-hybridized carbons (Fsp3) is 0.474. The molecule has 1 N–H and O–H groups in total. The Morgan fingerprint density at radius 2 is 1.71 bits per heavy atom. The van der Waals surface area contributed by atoms with Crippen molar-refractivity contribution in [3.05, 3.63) is 89.5 Å². The molecular formula is C38H44ClN3O7. The van der Waals surface area contributed by atoms with Crippen LogP contribution in [0.15, 0.2) is 78.9 Å². The lowest BCUT2D eigenvalue weighted by molar-refractivity contribution is -0.164. The van der Waals surface area contributed by atoms with Crippen LogP contribution < -0.4 is 4.90 Å². The number of fused-ring (bicyclic) bond motifs is 2. The predicted molar refractivity (Wildman–Crippen MR) is 184 cm³/mol. The van der Waals surface area contributed by atoms with Gasteiger partial charge >= 0.3 is 5.97 Å². The lowest BCUT2D eigenvalue weighted by atomic mass is 9.74. The first-order valence-electron chi connectivity index (χ1n) is 17.0. The molecule has 3 amide bonds. The number of likely N-dealkylation sites (tertiary alicyclic amines) is 1. The molecule has 260 valence electrons. The maximum Gasteiger partial charge on any atom is 0.313 e. The molecule has 5 bridgehead atoms. The Kier molecular flexibility index (Phi) is 10.0. The van der Waals surface area contributed by atoms with Crippen molar-refractivity contribution in [2.75, 3.05) is 25.1 Å². The average molecular weight is 690 g/mol. The van der Waals surface area contributed by atoms with Crippen LogP contribution >= 0.6 is 11.6 Å². The molecule has 11 heteroatoms. The molecule has 2 aromatic carbocycles. The second-order valence-corrected chi connectivity index (χ2v) is 14.2. The summed E-state index contributed by atoms with van der Waals surface area (Å²) >= 11 is 6.67. The number of aliphatic hydroxyl groups is 1. The summed E-state index contributed by atoms with van der Waals surface area (Å²) in [6, 6.07) is 13.7. The highest BCUT2D eigenvalue weighted by Gasteiger charge is 2.74. The van der Waals surface area contributed by atoms with Crippen molar-refractivity contribution in [3.8, 4) is 0 Å². The summed E-state index contributed by atoms with van der Waals surface area (Å²) in [6.07, 6.45) is 6.55. The number of amides is 3. The van der Waals surface area contributed by atoms with Gasteiger partial charge in [0.25, 0.3) is 5.91 Å². The van der Waals surface area contributed by atoms with Crippen LogP contribution in [0, 0.1) is 17.8 Å². The molecule has 4 heterocycles. The normalized spacial score (nSPS) is 31.8. The highest BCUT2D eigenvalue weighted by atomic mass is 35.5. The van der Waals surface area contributed by atoms with E-state index in [-0.39, 0.29) is 31.4 Å². The largest absolute Gasteiger partial charge is 0.455 e. The van der Waals surface area contributed by atoms with Crippen molar-refractivity contribution in [3.63, 3.8) is 0 Å². The lowest BCUT2D eigenvalue weighted by Gasteiger charge is -2.39. The summed E-state index contributed by atoms with van der Waals surface area (Å²) in [5.74, 6) is -3.72. The number of nitrogens with zero attached hydrogens (tertiary/aromatic N) is 3. The quantitative estimate of drug-likeness (QED) is 0.345. The zero-order valence-electron chi connectivity index (χ0n) is 28.3. The predicted octanol–water partition coefficient (Wildman–Crippen LogP) is 4.71. The van der Waals surface area contributed by atoms with E-state index in [4.69, 9.17) is 21.1 Å². The molecule has 0 radical (unpaired) electrons. The first-order valence-corrected chi connectivity index (χ1v) is 17.4. The number of likely N-dealkylation sites (N-methyl/N-ethyl adjacent to an activating group) is 1. The van der Waals surface area contributed by atoms with E-state index >= 15 is 4.79 Å². The number of rotatable bonds is 6. The summed E-state index contributed by atoms with van der Waals surface area (Å²) in [4.78, 5) is 62.1. The van der Waals surface area contributed by atoms with Crippen molar-refractivity contribution in [1.82, 2.24) is 9.80 Å². The molecule has 0 aromatic heterocycles. The number of aliphatic hydroxyl groups excluding tert-OH is 1. The van der Waals surface area contributed by atoms with Crippen LogP contribution in [0.1, 0.15) is 51.7 Å². The Labute approximate surface area is 292 Å². The highest BCUT2D eigenvalue weighted by Crippen LogP contribution is 2.56. The molecule has 0 unspecified atom stereocenters. The fourth-order valence-corrected chi connectivity index (χ4v) is 8.14. The summed E-state index contributed by atoms with van der Waals surface area (Å²) in [5.41, 5.74) is -0.337. The molecule has 4 aliphatic heterocycles. The van der Waals surface area contributed by atoms with Gasteiger partial charge in [-0.15, -0.1) is 0 Å². The minimum atomic E-state index is -1.48. The second kappa shape index (κ2) is 14.1. The van der Waals surface area contributed by atoms with Crippen LogP contribution in [0.2, 0.25) is 5.02 Å². The molecule has 8 atom stereocenters. The standard InChI is InChI=1S/C38H44ClN3O7/c1-23(2)21-26(22-43)42-34-36(46)41(28-16-11-10-15-27(28)39)20-12-6-9-17-30(44)40(4)24(3)33(25-13-7-5-8-14-25)48-37(47)31-29-18-19-38(34,49-29)32(31)35(42)45/h5-8,10-16,18-19,23-24,26,29,31-34,43H,9,17,20-22H2,1-4H3/b12-6-/t24-,26+,29+,31-,32-,33+,34+,38-/m0/s1. The van der Waals surface area contributed by atoms with Crippen molar-refractivity contribution in [1.29, 1.82) is 0 Å². The van der Waals surface area contributed by atoms with Gasteiger partial charge in [0, 0.05) is 20.0 Å². The molecule has 1 spiro atoms. The molecule has 0 saturated carbocycles. The van der Waals surface area contributed by atoms with Gasteiger partial charge in [0.05, 0.1) is 41.4 Å². The van der Waals surface area contributed by atoms with Gasteiger partial charge in [-0.2, -0.15) is 0 Å². The summed E-state index contributed by atoms with van der Waals surface area (Å²) in [6.45, 7) is 5.53. The van der Waals surface area contributed by atoms with Gasteiger partial charge in [-0.25, -0.2) is 0 Å². The molecule has 10 nitrogen and oxygen atoms in total. The van der Waals surface area contributed by atoms with Gasteiger partial charge < -0.3 is 29.3 Å². The third-order valence-corrected chi connectivity index (χ3v) is 10.7. The molecule has 2 saturated heterocycles. The van der Waals surface area contributed by atoms with Crippen molar-refractivity contribution < 1.29 is 33.8 Å². The van der Waals surface area contributed by atoms with Gasteiger partial charge in [0.1, 0.15) is 23.7 Å². The van der Waals surface area contributed by atoms with E-state index in [1.165, 1.54) is 9.80 Å². The number of hydrogen-bond donors (Lipinski definition) is 1. The Hall–Kier alpha value is -3.99. The lowest BCUT2D eigenvalue weighted by Crippen LogP contribution is -2.59. The Morgan fingerprint density at radius 3 is 2.41 bits per heavy atom. The van der Waals surface area contributed by atoms with Gasteiger partial charge in [0.2, 0.25) is 11.8 Å². The third kappa shape index (κ3) is 6.19. The van der Waals surface area contributed by atoms with E-state index in [2.05, 4.69) is 0 Å². The van der Waals surface area contributed by atoms with Crippen LogP contribution in [-0.4, -0.2) is 88.6 Å². The topological polar surface area (TPSA) is 117 Å². The van der Waals surface area contributed by atoms with E-state index in [1.54, 1.807) is 48.4 Å². The number of halogens is 1. The van der Waals surface area contributed by atoms with E-state index in [9.17, 15) is 19.5 Å². The van der Waals surface area contributed by atoms with Crippen LogP contribution in [0.3, 0.4) is 0 Å². The second-order valence-electron chi connectivity index (χ2n) is 13.8. The van der Waals surface area contributed by atoms with Crippen molar-refractivity contribution >= 4 is 41.0 Å². The summed E-state index contributed by atoms with van der Waals surface area (Å²) in [7, 11) is 1.69. The molecule has 0 aliphatic carbocycles. The maximum absolute atomic E-state index is 15.1. The zero-order chi connectivity index (χ0) is 35.0. The fourth-order valence-electron chi connectivity index (χ4n) is 7.90. The average Bonchev–Trinajstić information content (AvgIpc) is 3.74. The van der Waals surface area contributed by atoms with Crippen LogP contribution in [0.5, 0.6) is 0 Å². The number of benzene rings is 2. The number of carbonyl (C=O) groups is 4. The smallest absolute Gasteiger partial charge is 0.313 e. The highest BCUT2D eigenvalue weighted by molar-refractivity contribution is 6.34. The minimum absolute atomic E-state index is 0.0909. The minimum Gasteiger partial charge on any atom is -0.455 e. The number of hydrogen-bond acceptors (Lipinski definition) is 7. The third-order valence-electron chi connectivity index (χ3n) is 10.4. The number of para-hydroxylation sites is 1. The molecule has 6 rings (SSSR count). The van der Waals surface area contributed by atoms with Crippen LogP contribution in [0.4, 0.5) is 5.69 Å². The number of esters is 1. The molecule has 2 aromatic rings. The molecule has 49 heavy (non-hydrogen) atoms. The Morgan fingerprint density at radius 1 is 1.00 bits per heavy atom. The molecule has 2 fully saturated rings. The van der Waals surface area contributed by atoms with Crippen molar-refractivity contribution in [2.45, 2.75) is 76.0 Å². The first kappa shape index (κ1) is 34.9. The van der Waals surface area contributed by atoms with E-state index in [0.29, 0.717) is 29.1 Å². The first-order chi connectivity index (χ1) is 23.5. The number of ether oxygens (including phenoxy) is 2. The van der Waals surface area contributed by atoms with Crippen LogP contribution in [-0.2, 0) is 28.7 Å². The van der Waals surface area contributed by atoms with Gasteiger partial charge in [-0.3, -0.25) is 19.2 Å². The number of anilines is 1. The zero-order valence-corrected chi connectivity index (χ0v) is 29.0. The summed E-state index contributed by atoms with van der Waals surface area (Å²) in [5, 5.41) is 11.0. The number of cyclic esters (lactones) is 1. The molecule has 4 aliphatic rings. The SMILES string of the molecule is CC(C)C[C@H](CO)N1C(=O)[C@@H]2[C@H]3C(=O)O[C@@H](c4ccccc4)[C@H](C)N(C)C(=O)CC/C=C\CN(c4ccccc4Cl)C(=O)[C@@H]1[C@]21C=C[C@H]3O1. The monoisotopic (exact) mass is 689 g/mol. The van der Waals surface area contributed by atoms with Gasteiger partial charge in [-0.05, 0) is 43.4 Å². The van der Waals surface area contributed by atoms with E-state index < -0.39 is 65.6 Å². The summed E-state index contributed by atoms with van der Waals surface area (Å²) < 4.78 is 12.9. The van der Waals surface area contributed by atoms with Gasteiger partial charge in [0.15, 0.2) is 0 Å². The van der Waals surface area contributed by atoms with Crippen molar-refractivity contribution in [2.24, 2.45) is 17.8 Å². The Balaban J connectivity index is 1.50. The number of carbonyl (C=O) groups excluding carboxylic acids is 4. The maximum atomic E-state index is 15.1. The Bertz CT molecular complexity index is 1650. The molecular weight excluding hydrogens is 646 g/mol. The van der Waals surface area contributed by atoms with E-state index in [0.717, 1.165) is 0 Å². The van der Waals surface area contributed by atoms with Crippen LogP contribution in [0.25, 0.3) is 0 Å².